The van der Waals surface area contributed by atoms with E-state index in [1.54, 1.807) is 43.6 Å². The van der Waals surface area contributed by atoms with Crippen LogP contribution in [0.1, 0.15) is 31.3 Å². The summed E-state index contributed by atoms with van der Waals surface area (Å²) in [7, 11) is 1.60. The summed E-state index contributed by atoms with van der Waals surface area (Å²) < 4.78 is 5.09. The number of hydrogen-bond donors (Lipinski definition) is 2. The molecule has 2 aromatic rings. The van der Waals surface area contributed by atoms with Gasteiger partial charge in [0.1, 0.15) is 11.4 Å². The van der Waals surface area contributed by atoms with Crippen molar-refractivity contribution in [1.82, 2.24) is 4.98 Å². The van der Waals surface area contributed by atoms with Crippen LogP contribution in [0.4, 0.5) is 11.4 Å². The Morgan fingerprint density at radius 2 is 1.77 bits per heavy atom. The van der Waals surface area contributed by atoms with Crippen molar-refractivity contribution in [3.63, 3.8) is 0 Å². The molecule has 116 valence electrons. The van der Waals surface area contributed by atoms with Crippen molar-refractivity contribution >= 4 is 17.3 Å². The molecule has 1 heterocycles. The summed E-state index contributed by atoms with van der Waals surface area (Å²) in [5.74, 6) is 0.496. The second-order valence-corrected chi connectivity index (χ2v) is 5.99. The number of methoxy groups -OCH3 is 1. The Labute approximate surface area is 130 Å². The fourth-order valence-electron chi connectivity index (χ4n) is 1.93. The number of ether oxygens (including phenoxy) is 1. The van der Waals surface area contributed by atoms with Crippen molar-refractivity contribution in [2.75, 3.05) is 17.7 Å². The topological polar surface area (TPSA) is 63.2 Å². The fourth-order valence-corrected chi connectivity index (χ4v) is 1.93. The van der Waals surface area contributed by atoms with E-state index in [2.05, 4.69) is 36.4 Å². The lowest BCUT2D eigenvalue weighted by Gasteiger charge is -2.22. The average Bonchev–Trinajstić information content (AvgIpc) is 2.46. The molecule has 5 nitrogen and oxygen atoms in total. The molecule has 0 aliphatic rings. The second kappa shape index (κ2) is 6.47. The molecule has 0 atom stereocenters. The molecule has 0 fully saturated rings. The Balaban J connectivity index is 2.10. The maximum atomic E-state index is 12.3. The minimum Gasteiger partial charge on any atom is -0.497 e. The molecule has 1 amide bonds. The van der Waals surface area contributed by atoms with Gasteiger partial charge in [0.15, 0.2) is 0 Å². The van der Waals surface area contributed by atoms with E-state index in [4.69, 9.17) is 4.74 Å². The summed E-state index contributed by atoms with van der Waals surface area (Å²) in [6.45, 7) is 6.18. The first-order valence-electron chi connectivity index (χ1n) is 7.07. The van der Waals surface area contributed by atoms with Crippen LogP contribution in [0.3, 0.4) is 0 Å². The van der Waals surface area contributed by atoms with E-state index >= 15 is 0 Å². The van der Waals surface area contributed by atoms with Crippen molar-refractivity contribution in [3.8, 4) is 5.75 Å². The van der Waals surface area contributed by atoms with Crippen LogP contribution in [-0.2, 0) is 0 Å². The molecule has 0 saturated heterocycles. The summed E-state index contributed by atoms with van der Waals surface area (Å²) in [5, 5.41) is 6.13. The van der Waals surface area contributed by atoms with E-state index in [9.17, 15) is 4.79 Å². The third-order valence-electron chi connectivity index (χ3n) is 2.86. The van der Waals surface area contributed by atoms with Gasteiger partial charge in [-0.2, -0.15) is 0 Å². The summed E-state index contributed by atoms with van der Waals surface area (Å²) in [6.07, 6.45) is 1.62. The lowest BCUT2D eigenvalue weighted by Crippen LogP contribution is -2.26. The first kappa shape index (κ1) is 15.8. The number of benzene rings is 1. The first-order chi connectivity index (χ1) is 10.4. The summed E-state index contributed by atoms with van der Waals surface area (Å²) >= 11 is 0. The molecular formula is C17H21N3O2. The predicted molar refractivity (Wildman–Crippen MR) is 88.6 cm³/mol. The largest absolute Gasteiger partial charge is 0.497 e. The van der Waals surface area contributed by atoms with Crippen LogP contribution in [0.5, 0.6) is 5.75 Å². The molecular weight excluding hydrogens is 278 g/mol. The number of nitrogens with one attached hydrogen (secondary N) is 2. The van der Waals surface area contributed by atoms with Crippen molar-refractivity contribution in [2.45, 2.75) is 26.3 Å². The van der Waals surface area contributed by atoms with E-state index in [1.807, 2.05) is 6.07 Å². The number of carbonyl (C=O) groups is 1. The second-order valence-electron chi connectivity index (χ2n) is 5.99. The van der Waals surface area contributed by atoms with Crippen LogP contribution in [0, 0.1) is 0 Å². The number of hydrogen-bond acceptors (Lipinski definition) is 4. The van der Waals surface area contributed by atoms with Crippen molar-refractivity contribution < 1.29 is 9.53 Å². The lowest BCUT2D eigenvalue weighted by atomic mass is 10.1. The van der Waals surface area contributed by atoms with Gasteiger partial charge in [0.05, 0.1) is 7.11 Å². The van der Waals surface area contributed by atoms with Crippen LogP contribution >= 0.6 is 0 Å². The average molecular weight is 299 g/mol. The molecule has 0 bridgehead atoms. The summed E-state index contributed by atoms with van der Waals surface area (Å²) in [5.41, 5.74) is 1.85. The molecule has 0 aliphatic heterocycles. The van der Waals surface area contributed by atoms with Crippen LogP contribution in [0.25, 0.3) is 0 Å². The van der Waals surface area contributed by atoms with Crippen LogP contribution in [-0.4, -0.2) is 23.5 Å². The molecule has 0 spiro atoms. The number of pyridine rings is 1. The molecule has 5 heteroatoms. The highest BCUT2D eigenvalue weighted by Gasteiger charge is 2.12. The zero-order valence-electron chi connectivity index (χ0n) is 13.3. The van der Waals surface area contributed by atoms with Crippen molar-refractivity contribution in [1.29, 1.82) is 0 Å². The Kier molecular flexibility index (Phi) is 4.65. The minimum absolute atomic E-state index is 0.0783. The molecule has 1 aromatic heterocycles. The van der Waals surface area contributed by atoms with Gasteiger partial charge in [-0.1, -0.05) is 0 Å². The maximum Gasteiger partial charge on any atom is 0.274 e. The normalized spacial score (nSPS) is 10.9. The maximum absolute atomic E-state index is 12.3. The van der Waals surface area contributed by atoms with Gasteiger partial charge in [-0.25, -0.2) is 0 Å². The third-order valence-corrected chi connectivity index (χ3v) is 2.86. The molecule has 22 heavy (non-hydrogen) atoms. The minimum atomic E-state index is -0.247. The smallest absolute Gasteiger partial charge is 0.274 e. The van der Waals surface area contributed by atoms with Gasteiger partial charge < -0.3 is 15.4 Å². The highest BCUT2D eigenvalue weighted by molar-refractivity contribution is 6.03. The van der Waals surface area contributed by atoms with E-state index in [0.29, 0.717) is 11.4 Å². The zero-order valence-corrected chi connectivity index (χ0v) is 13.3. The van der Waals surface area contributed by atoms with Crippen molar-refractivity contribution in [3.05, 3.63) is 48.3 Å². The molecule has 0 radical (unpaired) electrons. The van der Waals surface area contributed by atoms with E-state index in [0.717, 1.165) is 11.4 Å². The summed E-state index contributed by atoms with van der Waals surface area (Å²) in [6, 6.07) is 10.7. The summed E-state index contributed by atoms with van der Waals surface area (Å²) in [4.78, 5) is 16.4. The SMILES string of the molecule is COc1ccc(NC(=O)c2cc(NC(C)(C)C)ccn2)cc1. The standard InChI is InChI=1S/C17H21N3O2/c1-17(2,3)20-13-9-10-18-15(11-13)16(21)19-12-5-7-14(22-4)8-6-12/h5-11H,1-4H3,(H,18,20)(H,19,21). The first-order valence-corrected chi connectivity index (χ1v) is 7.07. The predicted octanol–water partition coefficient (Wildman–Crippen LogP) is 3.55. The van der Waals surface area contributed by atoms with Gasteiger partial charge in [0, 0.05) is 23.1 Å². The zero-order chi connectivity index (χ0) is 16.2. The van der Waals surface area contributed by atoms with Gasteiger partial charge >= 0.3 is 0 Å². The van der Waals surface area contributed by atoms with Crippen LogP contribution in [0.2, 0.25) is 0 Å². The highest BCUT2D eigenvalue weighted by atomic mass is 16.5. The van der Waals surface area contributed by atoms with E-state index in [1.165, 1.54) is 0 Å². The molecule has 0 aliphatic carbocycles. The van der Waals surface area contributed by atoms with E-state index < -0.39 is 0 Å². The Morgan fingerprint density at radius 3 is 2.36 bits per heavy atom. The van der Waals surface area contributed by atoms with Gasteiger partial charge in [-0.3, -0.25) is 9.78 Å². The Hall–Kier alpha value is -2.56. The van der Waals surface area contributed by atoms with Gasteiger partial charge in [0.25, 0.3) is 5.91 Å². The Morgan fingerprint density at radius 1 is 1.09 bits per heavy atom. The number of nitrogens with zero attached hydrogens (tertiary/aromatic N) is 1. The number of anilines is 2. The fraction of sp³-hybridized carbons (Fsp3) is 0.294. The van der Waals surface area contributed by atoms with Crippen LogP contribution in [0.15, 0.2) is 42.6 Å². The highest BCUT2D eigenvalue weighted by Crippen LogP contribution is 2.17. The Bertz CT molecular complexity index is 646. The number of aromatic nitrogens is 1. The van der Waals surface area contributed by atoms with Crippen LogP contribution < -0.4 is 15.4 Å². The number of amides is 1. The third kappa shape index (κ3) is 4.48. The lowest BCUT2D eigenvalue weighted by molar-refractivity contribution is 0.102. The van der Waals surface area contributed by atoms with Gasteiger partial charge in [-0.05, 0) is 57.2 Å². The van der Waals surface area contributed by atoms with E-state index in [-0.39, 0.29) is 11.4 Å². The molecule has 0 saturated carbocycles. The van der Waals surface area contributed by atoms with Crippen molar-refractivity contribution in [2.24, 2.45) is 0 Å². The quantitative estimate of drug-likeness (QED) is 0.906. The number of carbonyl (C=O) groups excluding carboxylic acids is 1. The van der Waals surface area contributed by atoms with Gasteiger partial charge in [-0.15, -0.1) is 0 Å². The van der Waals surface area contributed by atoms with Gasteiger partial charge in [0.2, 0.25) is 0 Å². The molecule has 1 aromatic carbocycles. The monoisotopic (exact) mass is 299 g/mol. The number of rotatable bonds is 4. The molecule has 0 unspecified atom stereocenters. The molecule has 2 N–H and O–H groups in total. The molecule has 2 rings (SSSR count).